The zero-order valence-electron chi connectivity index (χ0n) is 7.41. The highest BCUT2D eigenvalue weighted by molar-refractivity contribution is 9.10. The molecule has 15 heavy (non-hydrogen) atoms. The van der Waals surface area contributed by atoms with E-state index in [1.807, 2.05) is 12.1 Å². The Morgan fingerprint density at radius 2 is 1.87 bits per heavy atom. The summed E-state index contributed by atoms with van der Waals surface area (Å²) in [5.74, 6) is 0. The molecular formula is C10H5BrClNO2. The third-order valence-electron chi connectivity index (χ3n) is 2.11. The van der Waals surface area contributed by atoms with Crippen LogP contribution in [0.25, 0.3) is 10.8 Å². The Hall–Kier alpha value is -1.13. The topological polar surface area (TPSA) is 43.1 Å². The number of hydrogen-bond acceptors (Lipinski definition) is 2. The van der Waals surface area contributed by atoms with E-state index in [0.29, 0.717) is 9.86 Å². The summed E-state index contributed by atoms with van der Waals surface area (Å²) in [7, 11) is 0. The number of benzene rings is 2. The Balaban J connectivity index is 2.90. The van der Waals surface area contributed by atoms with Gasteiger partial charge in [-0.3, -0.25) is 10.1 Å². The van der Waals surface area contributed by atoms with Crippen LogP contribution in [-0.4, -0.2) is 4.92 Å². The number of nitro groups is 1. The Morgan fingerprint density at radius 1 is 1.27 bits per heavy atom. The van der Waals surface area contributed by atoms with Crippen LogP contribution in [0, 0.1) is 10.1 Å². The summed E-state index contributed by atoms with van der Waals surface area (Å²) >= 11 is 9.23. The lowest BCUT2D eigenvalue weighted by molar-refractivity contribution is -0.384. The molecule has 0 radical (unpaired) electrons. The van der Waals surface area contributed by atoms with Crippen LogP contribution >= 0.6 is 27.5 Å². The van der Waals surface area contributed by atoms with E-state index in [-0.39, 0.29) is 10.7 Å². The second kappa shape index (κ2) is 3.79. The highest BCUT2D eigenvalue weighted by Gasteiger charge is 2.17. The summed E-state index contributed by atoms with van der Waals surface area (Å²) < 4.78 is 0.675. The van der Waals surface area contributed by atoms with Crippen molar-refractivity contribution in [1.29, 1.82) is 0 Å². The normalized spacial score (nSPS) is 10.5. The van der Waals surface area contributed by atoms with Crippen LogP contribution in [0.2, 0.25) is 5.02 Å². The van der Waals surface area contributed by atoms with Crippen LogP contribution in [0.4, 0.5) is 5.69 Å². The standard InChI is InChI=1S/C10H5BrClNO2/c11-8-5-9(13(14)15)10(12)7-4-2-1-3-6(7)8/h1-5H. The number of nitrogens with zero attached hydrogens (tertiary/aromatic N) is 1. The van der Waals surface area contributed by atoms with Crippen molar-refractivity contribution in [3.8, 4) is 0 Å². The lowest BCUT2D eigenvalue weighted by atomic mass is 10.1. The number of rotatable bonds is 1. The van der Waals surface area contributed by atoms with Crippen LogP contribution < -0.4 is 0 Å². The second-order valence-corrected chi connectivity index (χ2v) is 4.23. The zero-order chi connectivity index (χ0) is 11.0. The Bertz CT molecular complexity index is 556. The first kappa shape index (κ1) is 10.4. The molecule has 0 fully saturated rings. The number of halogens is 2. The van der Waals surface area contributed by atoms with Gasteiger partial charge in [0.25, 0.3) is 5.69 Å². The van der Waals surface area contributed by atoms with Gasteiger partial charge in [0.15, 0.2) is 0 Å². The van der Waals surface area contributed by atoms with Gasteiger partial charge in [-0.05, 0) is 21.3 Å². The van der Waals surface area contributed by atoms with Crippen molar-refractivity contribution < 1.29 is 4.92 Å². The first-order chi connectivity index (χ1) is 7.11. The number of fused-ring (bicyclic) bond motifs is 1. The molecule has 0 aliphatic carbocycles. The van der Waals surface area contributed by atoms with E-state index in [0.717, 1.165) is 5.39 Å². The zero-order valence-corrected chi connectivity index (χ0v) is 9.75. The van der Waals surface area contributed by atoms with E-state index in [4.69, 9.17) is 11.6 Å². The van der Waals surface area contributed by atoms with Gasteiger partial charge in [0, 0.05) is 15.9 Å². The Kier molecular flexibility index (Phi) is 2.63. The van der Waals surface area contributed by atoms with E-state index < -0.39 is 4.92 Å². The van der Waals surface area contributed by atoms with Crippen LogP contribution in [0.3, 0.4) is 0 Å². The summed E-state index contributed by atoms with van der Waals surface area (Å²) in [6, 6.07) is 8.69. The molecule has 2 aromatic rings. The molecule has 0 atom stereocenters. The van der Waals surface area contributed by atoms with Crippen LogP contribution in [0.15, 0.2) is 34.8 Å². The molecule has 2 aromatic carbocycles. The minimum atomic E-state index is -0.487. The molecule has 0 aliphatic rings. The van der Waals surface area contributed by atoms with Crippen LogP contribution in [-0.2, 0) is 0 Å². The van der Waals surface area contributed by atoms with Gasteiger partial charge >= 0.3 is 0 Å². The molecule has 0 aromatic heterocycles. The molecule has 0 unspecified atom stereocenters. The third kappa shape index (κ3) is 1.70. The van der Waals surface area contributed by atoms with Gasteiger partial charge in [-0.1, -0.05) is 35.9 Å². The van der Waals surface area contributed by atoms with Crippen molar-refractivity contribution in [1.82, 2.24) is 0 Å². The molecule has 0 bridgehead atoms. The molecule has 5 heteroatoms. The molecule has 0 saturated carbocycles. The summed E-state index contributed by atoms with van der Waals surface area (Å²) in [5, 5.41) is 12.4. The predicted molar refractivity (Wildman–Crippen MR) is 63.3 cm³/mol. The van der Waals surface area contributed by atoms with Crippen molar-refractivity contribution in [2.45, 2.75) is 0 Å². The van der Waals surface area contributed by atoms with E-state index >= 15 is 0 Å². The highest BCUT2D eigenvalue weighted by atomic mass is 79.9. The Labute approximate surface area is 98.9 Å². The van der Waals surface area contributed by atoms with Crippen molar-refractivity contribution in [3.63, 3.8) is 0 Å². The average molecular weight is 287 g/mol. The molecular weight excluding hydrogens is 281 g/mol. The highest BCUT2D eigenvalue weighted by Crippen LogP contribution is 2.37. The first-order valence-electron chi connectivity index (χ1n) is 4.12. The lowest BCUT2D eigenvalue weighted by Crippen LogP contribution is -1.90. The van der Waals surface area contributed by atoms with Gasteiger partial charge in [-0.2, -0.15) is 0 Å². The monoisotopic (exact) mass is 285 g/mol. The number of nitro benzene ring substituents is 1. The van der Waals surface area contributed by atoms with Crippen molar-refractivity contribution in [2.24, 2.45) is 0 Å². The quantitative estimate of drug-likeness (QED) is 0.583. The summed E-state index contributed by atoms with van der Waals surface area (Å²) in [4.78, 5) is 10.2. The fraction of sp³-hybridized carbons (Fsp3) is 0. The minimum absolute atomic E-state index is 0.0813. The molecule has 0 heterocycles. The average Bonchev–Trinajstić information content (AvgIpc) is 2.23. The molecule has 3 nitrogen and oxygen atoms in total. The first-order valence-corrected chi connectivity index (χ1v) is 5.29. The smallest absolute Gasteiger partial charge is 0.258 e. The largest absolute Gasteiger partial charge is 0.289 e. The van der Waals surface area contributed by atoms with E-state index in [9.17, 15) is 10.1 Å². The molecule has 76 valence electrons. The maximum atomic E-state index is 10.7. The SMILES string of the molecule is O=[N+]([O-])c1cc(Br)c2ccccc2c1Cl. The third-order valence-corrected chi connectivity index (χ3v) is 3.16. The molecule has 0 aliphatic heterocycles. The van der Waals surface area contributed by atoms with E-state index in [1.165, 1.54) is 6.07 Å². The van der Waals surface area contributed by atoms with Gasteiger partial charge in [0.05, 0.1) is 4.92 Å². The fourth-order valence-electron chi connectivity index (χ4n) is 1.41. The van der Waals surface area contributed by atoms with Crippen molar-refractivity contribution in [3.05, 3.63) is 49.9 Å². The van der Waals surface area contributed by atoms with Gasteiger partial charge in [-0.15, -0.1) is 0 Å². The van der Waals surface area contributed by atoms with E-state index in [2.05, 4.69) is 15.9 Å². The summed E-state index contributed by atoms with van der Waals surface area (Å²) in [6.07, 6.45) is 0. The molecule has 0 spiro atoms. The minimum Gasteiger partial charge on any atom is -0.258 e. The molecule has 0 amide bonds. The van der Waals surface area contributed by atoms with Crippen molar-refractivity contribution >= 4 is 44.0 Å². The number of hydrogen-bond donors (Lipinski definition) is 0. The molecule has 0 N–H and O–H groups in total. The van der Waals surface area contributed by atoms with Crippen LogP contribution in [0.1, 0.15) is 0 Å². The fourth-order valence-corrected chi connectivity index (χ4v) is 2.27. The Morgan fingerprint density at radius 3 is 2.47 bits per heavy atom. The second-order valence-electron chi connectivity index (χ2n) is 2.99. The summed E-state index contributed by atoms with van der Waals surface area (Å²) in [6.45, 7) is 0. The molecule has 2 rings (SSSR count). The maximum Gasteiger partial charge on any atom is 0.289 e. The maximum absolute atomic E-state index is 10.7. The van der Waals surface area contributed by atoms with Crippen LogP contribution in [0.5, 0.6) is 0 Å². The molecule has 0 saturated heterocycles. The van der Waals surface area contributed by atoms with E-state index in [1.54, 1.807) is 12.1 Å². The lowest BCUT2D eigenvalue weighted by Gasteiger charge is -2.03. The van der Waals surface area contributed by atoms with Crippen molar-refractivity contribution in [2.75, 3.05) is 0 Å². The van der Waals surface area contributed by atoms with Gasteiger partial charge in [0.2, 0.25) is 0 Å². The van der Waals surface area contributed by atoms with Gasteiger partial charge in [-0.25, -0.2) is 0 Å². The predicted octanol–water partition coefficient (Wildman–Crippen LogP) is 4.16. The van der Waals surface area contributed by atoms with Gasteiger partial charge in [0.1, 0.15) is 5.02 Å². The summed E-state index contributed by atoms with van der Waals surface area (Å²) in [5.41, 5.74) is -0.0813. The van der Waals surface area contributed by atoms with Gasteiger partial charge < -0.3 is 0 Å².